The summed E-state index contributed by atoms with van der Waals surface area (Å²) in [5, 5.41) is 5.21. The zero-order chi connectivity index (χ0) is 15.4. The molecule has 0 bridgehead atoms. The van der Waals surface area contributed by atoms with Crippen LogP contribution in [0.2, 0.25) is 0 Å². The van der Waals surface area contributed by atoms with E-state index in [1.165, 1.54) is 32.7 Å². The van der Waals surface area contributed by atoms with Crippen LogP contribution in [0.5, 0.6) is 0 Å². The Morgan fingerprint density at radius 2 is 1.32 bits per heavy atom. The molecule has 108 valence electrons. The summed E-state index contributed by atoms with van der Waals surface area (Å²) >= 11 is -0.826. The van der Waals surface area contributed by atoms with Gasteiger partial charge in [-0.25, -0.2) is 0 Å². The monoisotopic (exact) mass is 401 g/mol. The van der Waals surface area contributed by atoms with Crippen LogP contribution in [-0.2, 0) is 20.8 Å². The van der Waals surface area contributed by atoms with Crippen LogP contribution in [0, 0.1) is 0 Å². The molecule has 0 aliphatic carbocycles. The molecule has 0 N–H and O–H groups in total. The van der Waals surface area contributed by atoms with E-state index in [2.05, 4.69) is 78.9 Å². The van der Waals surface area contributed by atoms with Crippen molar-refractivity contribution >= 4 is 38.6 Å². The summed E-state index contributed by atoms with van der Waals surface area (Å²) < 4.78 is 0. The van der Waals surface area contributed by atoms with Gasteiger partial charge in [-0.05, 0) is 10.8 Å². The minimum absolute atomic E-state index is 0.826. The van der Waals surface area contributed by atoms with Gasteiger partial charge in [-0.15, -0.1) is 34.5 Å². The Morgan fingerprint density at radius 3 is 2.05 bits per heavy atom. The summed E-state index contributed by atoms with van der Waals surface area (Å²) in [7, 11) is 9.87. The van der Waals surface area contributed by atoms with Crippen LogP contribution >= 0.6 is 17.0 Å². The van der Waals surface area contributed by atoms with Crippen molar-refractivity contribution < 1.29 is 20.8 Å². The second kappa shape index (κ2) is 7.51. The van der Waals surface area contributed by atoms with E-state index < -0.39 is 20.8 Å². The molecule has 0 amide bonds. The van der Waals surface area contributed by atoms with Gasteiger partial charge >= 0.3 is 37.9 Å². The molecule has 22 heavy (non-hydrogen) atoms. The Bertz CT molecular complexity index is 863. The second-order valence-corrected chi connectivity index (χ2v) is 8.74. The van der Waals surface area contributed by atoms with Gasteiger partial charge in [0.25, 0.3) is 0 Å². The van der Waals surface area contributed by atoms with Crippen molar-refractivity contribution in [2.45, 2.75) is 0 Å². The molecule has 0 aliphatic heterocycles. The van der Waals surface area contributed by atoms with Crippen molar-refractivity contribution in [1.29, 1.82) is 0 Å². The summed E-state index contributed by atoms with van der Waals surface area (Å²) in [6.07, 6.45) is 0. The summed E-state index contributed by atoms with van der Waals surface area (Å²) in [5.74, 6) is 0. The summed E-state index contributed by atoms with van der Waals surface area (Å²) in [4.78, 5) is 0. The molecule has 0 nitrogen and oxygen atoms in total. The van der Waals surface area contributed by atoms with Crippen LogP contribution in [0.1, 0.15) is 0 Å². The molecule has 0 aliphatic rings. The molecule has 0 radical (unpaired) electrons. The molecular formula is C19H13Cl2Zr-. The van der Waals surface area contributed by atoms with Crippen LogP contribution in [0.25, 0.3) is 32.7 Å². The SMILES string of the molecule is [Cl][Zr][Cl].c1ccc2cc(-c3cc4ccccc4[cH-]3)ccc2c1. The number of hydrogen-bond acceptors (Lipinski definition) is 0. The minimum Gasteiger partial charge on any atom is -0.145 e. The molecule has 0 saturated heterocycles. The van der Waals surface area contributed by atoms with Crippen LogP contribution in [0.15, 0.2) is 78.9 Å². The van der Waals surface area contributed by atoms with Crippen molar-refractivity contribution in [1.82, 2.24) is 0 Å². The molecule has 4 rings (SSSR count). The molecule has 0 atom stereocenters. The maximum atomic E-state index is 4.93. The second-order valence-electron chi connectivity index (χ2n) is 5.01. The molecule has 0 saturated carbocycles. The van der Waals surface area contributed by atoms with Crippen molar-refractivity contribution in [3.63, 3.8) is 0 Å². The van der Waals surface area contributed by atoms with Gasteiger partial charge in [-0.2, -0.15) is 0 Å². The van der Waals surface area contributed by atoms with Gasteiger partial charge in [0.15, 0.2) is 0 Å². The third-order valence-corrected chi connectivity index (χ3v) is 3.70. The van der Waals surface area contributed by atoms with Gasteiger partial charge in [0, 0.05) is 0 Å². The predicted molar refractivity (Wildman–Crippen MR) is 94.2 cm³/mol. The molecule has 0 spiro atoms. The zero-order valence-electron chi connectivity index (χ0n) is 11.8. The molecule has 4 aromatic carbocycles. The van der Waals surface area contributed by atoms with Crippen molar-refractivity contribution in [3.05, 3.63) is 78.9 Å². The first kappa shape index (κ1) is 15.9. The molecule has 3 heteroatoms. The topological polar surface area (TPSA) is 0 Å². The van der Waals surface area contributed by atoms with E-state index in [1.807, 2.05) is 0 Å². The van der Waals surface area contributed by atoms with Gasteiger partial charge in [0.2, 0.25) is 0 Å². The Balaban J connectivity index is 0.000000446. The first-order chi connectivity index (χ1) is 10.8. The Kier molecular flexibility index (Phi) is 5.42. The van der Waals surface area contributed by atoms with Gasteiger partial charge < -0.3 is 0 Å². The number of rotatable bonds is 1. The van der Waals surface area contributed by atoms with Crippen LogP contribution in [-0.4, -0.2) is 0 Å². The smallest absolute Gasteiger partial charge is 0.0196 e. The fourth-order valence-corrected chi connectivity index (χ4v) is 2.69. The Labute approximate surface area is 148 Å². The number of halogens is 2. The predicted octanol–water partition coefficient (Wildman–Crippen LogP) is 6.76. The van der Waals surface area contributed by atoms with Crippen molar-refractivity contribution in [2.75, 3.05) is 0 Å². The van der Waals surface area contributed by atoms with E-state index in [0.717, 1.165) is 0 Å². The van der Waals surface area contributed by atoms with E-state index in [1.54, 1.807) is 0 Å². The molecule has 0 heterocycles. The number of benzene rings is 3. The number of fused-ring (bicyclic) bond motifs is 2. The van der Waals surface area contributed by atoms with E-state index in [0.29, 0.717) is 0 Å². The normalized spacial score (nSPS) is 10.3. The average Bonchev–Trinajstić information content (AvgIpc) is 2.99. The van der Waals surface area contributed by atoms with E-state index in [9.17, 15) is 0 Å². The number of hydrogen-bond donors (Lipinski definition) is 0. The van der Waals surface area contributed by atoms with E-state index in [4.69, 9.17) is 17.0 Å². The first-order valence-electron chi connectivity index (χ1n) is 6.93. The quantitative estimate of drug-likeness (QED) is 0.308. The van der Waals surface area contributed by atoms with Crippen molar-refractivity contribution in [3.8, 4) is 11.1 Å². The maximum absolute atomic E-state index is 4.93. The summed E-state index contributed by atoms with van der Waals surface area (Å²) in [5.41, 5.74) is 2.59. The third-order valence-electron chi connectivity index (χ3n) is 3.70. The van der Waals surface area contributed by atoms with E-state index in [-0.39, 0.29) is 0 Å². The van der Waals surface area contributed by atoms with E-state index >= 15 is 0 Å². The minimum atomic E-state index is -0.826. The Morgan fingerprint density at radius 1 is 0.682 bits per heavy atom. The van der Waals surface area contributed by atoms with Gasteiger partial charge in [0.05, 0.1) is 0 Å². The zero-order valence-corrected chi connectivity index (χ0v) is 15.7. The van der Waals surface area contributed by atoms with Crippen molar-refractivity contribution in [2.24, 2.45) is 0 Å². The van der Waals surface area contributed by atoms with Gasteiger partial charge in [-0.1, -0.05) is 66.2 Å². The summed E-state index contributed by atoms with van der Waals surface area (Å²) in [6, 6.07) is 28.2. The van der Waals surface area contributed by atoms with Gasteiger partial charge in [0.1, 0.15) is 0 Å². The molecular weight excluding hydrogens is 390 g/mol. The standard InChI is InChI=1S/C19H13.2ClH.Zr/c1-2-6-15-11-18(10-9-14(15)5-1)19-12-16-7-3-4-8-17(16)13-19;;;/h1-13H;2*1H;/q-1;;;+2/p-2. The maximum Gasteiger partial charge on any atom is -0.0196 e. The molecule has 4 aromatic rings. The van der Waals surface area contributed by atoms with Crippen LogP contribution < -0.4 is 0 Å². The largest absolute Gasteiger partial charge is 0.145 e. The summed E-state index contributed by atoms with van der Waals surface area (Å²) in [6.45, 7) is 0. The van der Waals surface area contributed by atoms with Crippen LogP contribution in [0.3, 0.4) is 0 Å². The fraction of sp³-hybridized carbons (Fsp3) is 0. The molecule has 0 aromatic heterocycles. The van der Waals surface area contributed by atoms with Gasteiger partial charge in [-0.3, -0.25) is 0 Å². The van der Waals surface area contributed by atoms with Crippen LogP contribution in [0.4, 0.5) is 0 Å². The fourth-order valence-electron chi connectivity index (χ4n) is 2.69. The third kappa shape index (κ3) is 3.49. The molecule has 0 fully saturated rings. The molecule has 0 unspecified atom stereocenters. The first-order valence-corrected chi connectivity index (χ1v) is 13.3. The Hall–Kier alpha value is -1.01. The average molecular weight is 403 g/mol.